The van der Waals surface area contributed by atoms with Crippen LogP contribution in [0.4, 0.5) is 11.4 Å². The van der Waals surface area contributed by atoms with Crippen molar-refractivity contribution in [2.24, 2.45) is 0 Å². The topological polar surface area (TPSA) is 84.5 Å². The summed E-state index contributed by atoms with van der Waals surface area (Å²) in [7, 11) is -1.74. The molecule has 0 saturated heterocycles. The number of carbonyl (C=O) groups is 1. The number of amides is 1. The zero-order chi connectivity index (χ0) is 17.7. The van der Waals surface area contributed by atoms with Gasteiger partial charge in [0, 0.05) is 18.4 Å². The number of hydrogen-bond donors (Lipinski definition) is 2. The van der Waals surface area contributed by atoms with Gasteiger partial charge in [-0.25, -0.2) is 8.42 Å². The molecule has 0 spiro atoms. The van der Waals surface area contributed by atoms with Crippen LogP contribution in [0.1, 0.15) is 21.5 Å². The van der Waals surface area contributed by atoms with Gasteiger partial charge in [0.05, 0.1) is 18.6 Å². The molecule has 0 fully saturated rings. The van der Waals surface area contributed by atoms with Crippen molar-refractivity contribution in [3.8, 4) is 0 Å². The standard InChI is InChI=1S/C17H20N2O4S/c1-12-9-14(7-8-16(12)19-24(3,21)22)17(20)18-15-6-4-5-13(10-15)11-23-2/h4-10,19H,11H2,1-3H3,(H,18,20). The minimum Gasteiger partial charge on any atom is -0.380 e. The molecule has 1 amide bonds. The number of rotatable bonds is 6. The first-order chi connectivity index (χ1) is 11.3. The number of methoxy groups -OCH3 is 1. The fourth-order valence-corrected chi connectivity index (χ4v) is 2.86. The maximum atomic E-state index is 12.4. The van der Waals surface area contributed by atoms with Crippen molar-refractivity contribution in [1.29, 1.82) is 0 Å². The van der Waals surface area contributed by atoms with Crippen LogP contribution in [0.2, 0.25) is 0 Å². The zero-order valence-electron chi connectivity index (χ0n) is 13.8. The molecule has 24 heavy (non-hydrogen) atoms. The Balaban J connectivity index is 2.15. The quantitative estimate of drug-likeness (QED) is 0.841. The lowest BCUT2D eigenvalue weighted by molar-refractivity contribution is 0.102. The molecule has 0 heterocycles. The van der Waals surface area contributed by atoms with E-state index in [9.17, 15) is 13.2 Å². The maximum Gasteiger partial charge on any atom is 0.255 e. The summed E-state index contributed by atoms with van der Waals surface area (Å²) in [6.45, 7) is 2.21. The summed E-state index contributed by atoms with van der Waals surface area (Å²) in [5.74, 6) is -0.265. The van der Waals surface area contributed by atoms with Crippen LogP contribution in [-0.4, -0.2) is 27.7 Å². The largest absolute Gasteiger partial charge is 0.380 e. The SMILES string of the molecule is COCc1cccc(NC(=O)c2ccc(NS(C)(=O)=O)c(C)c2)c1. The van der Waals surface area contributed by atoms with Crippen LogP contribution in [0.15, 0.2) is 42.5 Å². The van der Waals surface area contributed by atoms with Gasteiger partial charge in [-0.05, 0) is 48.4 Å². The molecular formula is C17H20N2O4S. The Morgan fingerprint density at radius 2 is 1.92 bits per heavy atom. The molecule has 2 N–H and O–H groups in total. The molecule has 0 aliphatic rings. The average Bonchev–Trinajstić information content (AvgIpc) is 2.48. The van der Waals surface area contributed by atoms with Gasteiger partial charge in [-0.15, -0.1) is 0 Å². The highest BCUT2D eigenvalue weighted by Gasteiger charge is 2.10. The Morgan fingerprint density at radius 3 is 2.54 bits per heavy atom. The third kappa shape index (κ3) is 5.07. The summed E-state index contributed by atoms with van der Waals surface area (Å²) >= 11 is 0. The smallest absolute Gasteiger partial charge is 0.255 e. The van der Waals surface area contributed by atoms with Crippen molar-refractivity contribution >= 4 is 27.3 Å². The third-order valence-electron chi connectivity index (χ3n) is 3.28. The molecule has 0 radical (unpaired) electrons. The number of carbonyl (C=O) groups excluding carboxylic acids is 1. The summed E-state index contributed by atoms with van der Waals surface area (Å²) < 4.78 is 30.1. The first-order valence-corrected chi connectivity index (χ1v) is 9.15. The van der Waals surface area contributed by atoms with Crippen molar-refractivity contribution in [1.82, 2.24) is 0 Å². The number of hydrogen-bond acceptors (Lipinski definition) is 4. The molecule has 128 valence electrons. The molecule has 0 aliphatic carbocycles. The lowest BCUT2D eigenvalue weighted by Crippen LogP contribution is -2.14. The molecule has 0 saturated carbocycles. The number of ether oxygens (including phenoxy) is 1. The number of sulfonamides is 1. The Bertz CT molecular complexity index is 847. The second-order valence-corrected chi connectivity index (χ2v) is 7.24. The molecule has 0 atom stereocenters. The normalized spacial score (nSPS) is 11.1. The first kappa shape index (κ1) is 18.0. The van der Waals surface area contributed by atoms with Crippen LogP contribution in [-0.2, 0) is 21.4 Å². The Kier molecular flexibility index (Phi) is 5.58. The highest BCUT2D eigenvalue weighted by molar-refractivity contribution is 7.92. The summed E-state index contributed by atoms with van der Waals surface area (Å²) in [4.78, 5) is 12.4. The van der Waals surface area contributed by atoms with E-state index in [0.29, 0.717) is 29.1 Å². The van der Waals surface area contributed by atoms with E-state index in [1.165, 1.54) is 0 Å². The van der Waals surface area contributed by atoms with Gasteiger partial charge in [0.1, 0.15) is 0 Å². The lowest BCUT2D eigenvalue weighted by atomic mass is 10.1. The molecule has 0 bridgehead atoms. The average molecular weight is 348 g/mol. The molecular weight excluding hydrogens is 328 g/mol. The molecule has 0 aromatic heterocycles. The van der Waals surface area contributed by atoms with E-state index in [4.69, 9.17) is 4.74 Å². The van der Waals surface area contributed by atoms with Gasteiger partial charge in [0.25, 0.3) is 5.91 Å². The van der Waals surface area contributed by atoms with Crippen molar-refractivity contribution in [3.05, 3.63) is 59.2 Å². The molecule has 2 aromatic rings. The summed E-state index contributed by atoms with van der Waals surface area (Å²) in [6.07, 6.45) is 1.08. The number of nitrogens with one attached hydrogen (secondary N) is 2. The van der Waals surface area contributed by atoms with E-state index in [-0.39, 0.29) is 5.91 Å². The van der Waals surface area contributed by atoms with Crippen LogP contribution in [0, 0.1) is 6.92 Å². The van der Waals surface area contributed by atoms with Crippen molar-refractivity contribution in [2.75, 3.05) is 23.4 Å². The minimum absolute atomic E-state index is 0.265. The van der Waals surface area contributed by atoms with Gasteiger partial charge in [0.15, 0.2) is 0 Å². The van der Waals surface area contributed by atoms with Crippen LogP contribution in [0.5, 0.6) is 0 Å². The maximum absolute atomic E-state index is 12.4. The highest BCUT2D eigenvalue weighted by Crippen LogP contribution is 2.19. The van der Waals surface area contributed by atoms with E-state index in [1.807, 2.05) is 18.2 Å². The number of benzene rings is 2. The zero-order valence-corrected chi connectivity index (χ0v) is 14.6. The van der Waals surface area contributed by atoms with E-state index in [1.54, 1.807) is 38.3 Å². The minimum atomic E-state index is -3.35. The predicted molar refractivity (Wildman–Crippen MR) is 94.8 cm³/mol. The fraction of sp³-hybridized carbons (Fsp3) is 0.235. The lowest BCUT2D eigenvalue weighted by Gasteiger charge is -2.11. The monoisotopic (exact) mass is 348 g/mol. The van der Waals surface area contributed by atoms with Crippen LogP contribution in [0.25, 0.3) is 0 Å². The Morgan fingerprint density at radius 1 is 1.17 bits per heavy atom. The van der Waals surface area contributed by atoms with Gasteiger partial charge < -0.3 is 10.1 Å². The summed E-state index contributed by atoms with van der Waals surface area (Å²) in [6, 6.07) is 12.2. The number of aryl methyl sites for hydroxylation is 1. The molecule has 2 rings (SSSR count). The van der Waals surface area contributed by atoms with Gasteiger partial charge >= 0.3 is 0 Å². The molecule has 6 nitrogen and oxygen atoms in total. The fourth-order valence-electron chi connectivity index (χ4n) is 2.23. The van der Waals surface area contributed by atoms with Gasteiger partial charge in [0.2, 0.25) is 10.0 Å². The van der Waals surface area contributed by atoms with E-state index in [2.05, 4.69) is 10.0 Å². The number of anilines is 2. The van der Waals surface area contributed by atoms with Crippen molar-refractivity contribution in [2.45, 2.75) is 13.5 Å². The van der Waals surface area contributed by atoms with Crippen LogP contribution >= 0.6 is 0 Å². The predicted octanol–water partition coefficient (Wildman–Crippen LogP) is 2.77. The van der Waals surface area contributed by atoms with Crippen molar-refractivity contribution in [3.63, 3.8) is 0 Å². The van der Waals surface area contributed by atoms with Crippen LogP contribution in [0.3, 0.4) is 0 Å². The van der Waals surface area contributed by atoms with E-state index in [0.717, 1.165) is 11.8 Å². The van der Waals surface area contributed by atoms with Gasteiger partial charge in [-0.2, -0.15) is 0 Å². The first-order valence-electron chi connectivity index (χ1n) is 7.26. The Labute approximate surface area is 141 Å². The Hall–Kier alpha value is -2.38. The second kappa shape index (κ2) is 7.46. The molecule has 7 heteroatoms. The highest BCUT2D eigenvalue weighted by atomic mass is 32.2. The van der Waals surface area contributed by atoms with E-state index < -0.39 is 10.0 Å². The summed E-state index contributed by atoms with van der Waals surface area (Å²) in [5.41, 5.74) is 3.20. The molecule has 0 aliphatic heterocycles. The van der Waals surface area contributed by atoms with Crippen LogP contribution < -0.4 is 10.0 Å². The third-order valence-corrected chi connectivity index (χ3v) is 3.87. The summed E-state index contributed by atoms with van der Waals surface area (Å²) in [5, 5.41) is 2.82. The van der Waals surface area contributed by atoms with E-state index >= 15 is 0 Å². The molecule has 2 aromatic carbocycles. The van der Waals surface area contributed by atoms with Gasteiger partial charge in [-0.3, -0.25) is 9.52 Å². The molecule has 0 unspecified atom stereocenters. The van der Waals surface area contributed by atoms with Crippen molar-refractivity contribution < 1.29 is 17.9 Å². The second-order valence-electron chi connectivity index (χ2n) is 5.49. The van der Waals surface area contributed by atoms with Gasteiger partial charge in [-0.1, -0.05) is 12.1 Å².